The van der Waals surface area contributed by atoms with Crippen LogP contribution in [0.15, 0.2) is 42.9 Å². The van der Waals surface area contributed by atoms with Crippen LogP contribution in [0.25, 0.3) is 22.0 Å². The summed E-state index contributed by atoms with van der Waals surface area (Å²) in [6, 6.07) is 7.62. The maximum atomic E-state index is 12.3. The molecule has 0 atom stereocenters. The maximum Gasteiger partial charge on any atom is 0.223 e. The van der Waals surface area contributed by atoms with Gasteiger partial charge in [0.1, 0.15) is 17.6 Å². The summed E-state index contributed by atoms with van der Waals surface area (Å²) in [5.74, 6) is 0.716. The first-order chi connectivity index (χ1) is 14.2. The van der Waals surface area contributed by atoms with Gasteiger partial charge in [-0.25, -0.2) is 14.4 Å². The number of fused-ring (bicyclic) bond motifs is 1. The van der Waals surface area contributed by atoms with Gasteiger partial charge in [0.05, 0.1) is 5.69 Å². The number of halogens is 2. The van der Waals surface area contributed by atoms with Crippen molar-refractivity contribution in [3.05, 3.63) is 48.0 Å². The Bertz CT molecular complexity index is 1020. The fraction of sp³-hybridized carbons (Fsp3) is 0.333. The number of nitrogens with zero attached hydrogens (tertiary/aromatic N) is 4. The van der Waals surface area contributed by atoms with Crippen LogP contribution in [-0.4, -0.2) is 47.2 Å². The second-order valence-electron chi connectivity index (χ2n) is 7.04. The topological polar surface area (TPSA) is 71.0 Å². The lowest BCUT2D eigenvalue weighted by atomic mass is 9.95. The summed E-state index contributed by atoms with van der Waals surface area (Å²) >= 11 is 6.06. The zero-order valence-electron chi connectivity index (χ0n) is 15.8. The Hall–Kier alpha value is -2.80. The first-order valence-electron chi connectivity index (χ1n) is 9.61. The van der Waals surface area contributed by atoms with Gasteiger partial charge < -0.3 is 10.2 Å². The summed E-state index contributed by atoms with van der Waals surface area (Å²) in [6.07, 6.45) is 6.65. The number of anilines is 1. The highest BCUT2D eigenvalue weighted by molar-refractivity contribution is 6.29. The van der Waals surface area contributed by atoms with Crippen molar-refractivity contribution in [2.24, 2.45) is 5.92 Å². The molecule has 0 radical (unpaired) electrons. The number of amides is 1. The molecule has 0 spiro atoms. The summed E-state index contributed by atoms with van der Waals surface area (Å²) in [5, 5.41) is 5.07. The van der Waals surface area contributed by atoms with Crippen molar-refractivity contribution in [2.45, 2.75) is 12.8 Å². The van der Waals surface area contributed by atoms with Crippen molar-refractivity contribution in [2.75, 3.05) is 31.2 Å². The van der Waals surface area contributed by atoms with Gasteiger partial charge in [0.25, 0.3) is 0 Å². The molecule has 0 aromatic carbocycles. The van der Waals surface area contributed by atoms with Crippen LogP contribution >= 0.6 is 11.6 Å². The molecule has 4 rings (SSSR count). The number of carbonyl (C=O) groups excluding carboxylic acids is 1. The van der Waals surface area contributed by atoms with Gasteiger partial charge in [0.2, 0.25) is 5.91 Å². The standard InChI is InChI=1S/C21H21ClFN5O/c22-19-12-15(1-7-25-19)18-11-16-13-24-6-2-17(16)20(27-18)28-9-3-14(4-10-28)21(29)26-8-5-23/h1-2,6-7,11-14H,3-5,8-10H2,(H,26,29). The molecule has 3 aromatic heterocycles. The molecule has 150 valence electrons. The van der Waals surface area contributed by atoms with Gasteiger partial charge >= 0.3 is 0 Å². The van der Waals surface area contributed by atoms with Crippen molar-refractivity contribution < 1.29 is 9.18 Å². The Morgan fingerprint density at radius 3 is 2.83 bits per heavy atom. The zero-order chi connectivity index (χ0) is 20.2. The Kier molecular flexibility index (Phi) is 5.85. The van der Waals surface area contributed by atoms with E-state index >= 15 is 0 Å². The summed E-state index contributed by atoms with van der Waals surface area (Å²) in [4.78, 5) is 27.6. The molecule has 0 unspecified atom stereocenters. The number of nitrogens with one attached hydrogen (secondary N) is 1. The first kappa shape index (κ1) is 19.5. The molecule has 8 heteroatoms. The lowest BCUT2D eigenvalue weighted by Gasteiger charge is -2.33. The lowest BCUT2D eigenvalue weighted by molar-refractivity contribution is -0.125. The zero-order valence-corrected chi connectivity index (χ0v) is 16.6. The SMILES string of the molecule is O=C(NCCF)C1CCN(c2nc(-c3ccnc(Cl)c3)cc3cnccc23)CC1. The van der Waals surface area contributed by atoms with Gasteiger partial charge in [-0.2, -0.15) is 0 Å². The minimum Gasteiger partial charge on any atom is -0.356 e. The molecular formula is C21H21ClFN5O. The number of hydrogen-bond donors (Lipinski definition) is 1. The van der Waals surface area contributed by atoms with E-state index in [1.54, 1.807) is 18.5 Å². The van der Waals surface area contributed by atoms with E-state index in [2.05, 4.69) is 20.2 Å². The molecule has 1 aliphatic rings. The van der Waals surface area contributed by atoms with Crippen LogP contribution in [0.3, 0.4) is 0 Å². The van der Waals surface area contributed by atoms with E-state index in [0.717, 1.165) is 27.8 Å². The van der Waals surface area contributed by atoms with Crippen LogP contribution in [0, 0.1) is 5.92 Å². The number of rotatable bonds is 5. The summed E-state index contributed by atoms with van der Waals surface area (Å²) in [7, 11) is 0. The quantitative estimate of drug-likeness (QED) is 0.646. The van der Waals surface area contributed by atoms with Gasteiger partial charge in [0, 0.05) is 60.5 Å². The van der Waals surface area contributed by atoms with E-state index in [1.165, 1.54) is 0 Å². The van der Waals surface area contributed by atoms with Crippen LogP contribution in [0.2, 0.25) is 5.15 Å². The molecule has 1 fully saturated rings. The Morgan fingerprint density at radius 1 is 1.24 bits per heavy atom. The van der Waals surface area contributed by atoms with Crippen LogP contribution < -0.4 is 10.2 Å². The summed E-state index contributed by atoms with van der Waals surface area (Å²) in [6.45, 7) is 0.951. The highest BCUT2D eigenvalue weighted by Crippen LogP contribution is 2.32. The monoisotopic (exact) mass is 413 g/mol. The highest BCUT2D eigenvalue weighted by Gasteiger charge is 2.26. The number of pyridine rings is 3. The van der Waals surface area contributed by atoms with E-state index in [4.69, 9.17) is 16.6 Å². The van der Waals surface area contributed by atoms with Crippen LogP contribution in [0.5, 0.6) is 0 Å². The molecule has 0 bridgehead atoms. The van der Waals surface area contributed by atoms with Gasteiger partial charge in [-0.1, -0.05) is 11.6 Å². The molecule has 3 aromatic rings. The molecule has 6 nitrogen and oxygen atoms in total. The molecule has 0 aliphatic carbocycles. The number of aromatic nitrogens is 3. The summed E-state index contributed by atoms with van der Waals surface area (Å²) in [5.41, 5.74) is 1.69. The van der Waals surface area contributed by atoms with E-state index in [9.17, 15) is 9.18 Å². The van der Waals surface area contributed by atoms with E-state index in [0.29, 0.717) is 31.1 Å². The molecule has 1 aliphatic heterocycles. The Balaban J connectivity index is 1.63. The number of piperidine rings is 1. The van der Waals surface area contributed by atoms with Crippen LogP contribution in [0.1, 0.15) is 12.8 Å². The van der Waals surface area contributed by atoms with Gasteiger partial charge in [-0.3, -0.25) is 9.78 Å². The maximum absolute atomic E-state index is 12.3. The van der Waals surface area contributed by atoms with Crippen molar-refractivity contribution in [1.82, 2.24) is 20.3 Å². The molecule has 1 amide bonds. The van der Waals surface area contributed by atoms with Crippen LogP contribution in [-0.2, 0) is 4.79 Å². The number of carbonyl (C=O) groups is 1. The third kappa shape index (κ3) is 4.29. The van der Waals surface area contributed by atoms with Crippen molar-refractivity contribution in [3.63, 3.8) is 0 Å². The third-order valence-electron chi connectivity index (χ3n) is 5.19. The van der Waals surface area contributed by atoms with E-state index in [1.807, 2.05) is 24.4 Å². The molecule has 1 N–H and O–H groups in total. The number of hydrogen-bond acceptors (Lipinski definition) is 5. The van der Waals surface area contributed by atoms with Crippen molar-refractivity contribution in [1.29, 1.82) is 0 Å². The fourth-order valence-electron chi connectivity index (χ4n) is 3.70. The normalized spacial score (nSPS) is 14.9. The largest absolute Gasteiger partial charge is 0.356 e. The predicted molar refractivity (Wildman–Crippen MR) is 112 cm³/mol. The first-order valence-corrected chi connectivity index (χ1v) is 9.99. The van der Waals surface area contributed by atoms with E-state index < -0.39 is 6.67 Å². The minimum atomic E-state index is -0.541. The van der Waals surface area contributed by atoms with Crippen LogP contribution in [0.4, 0.5) is 10.2 Å². The second kappa shape index (κ2) is 8.69. The van der Waals surface area contributed by atoms with Crippen molar-refractivity contribution in [3.8, 4) is 11.3 Å². The van der Waals surface area contributed by atoms with Gasteiger partial charge in [0.15, 0.2) is 0 Å². The second-order valence-corrected chi connectivity index (χ2v) is 7.42. The van der Waals surface area contributed by atoms with Gasteiger partial charge in [-0.15, -0.1) is 0 Å². The average Bonchev–Trinajstić information content (AvgIpc) is 2.77. The minimum absolute atomic E-state index is 0.0653. The Morgan fingerprint density at radius 2 is 2.07 bits per heavy atom. The average molecular weight is 414 g/mol. The highest BCUT2D eigenvalue weighted by atomic mass is 35.5. The predicted octanol–water partition coefficient (Wildman–Crippen LogP) is 3.65. The fourth-order valence-corrected chi connectivity index (χ4v) is 3.87. The lowest BCUT2D eigenvalue weighted by Crippen LogP contribution is -2.41. The molecule has 0 saturated carbocycles. The van der Waals surface area contributed by atoms with E-state index in [-0.39, 0.29) is 18.4 Å². The Labute approximate surface area is 173 Å². The van der Waals surface area contributed by atoms with Crippen molar-refractivity contribution >= 4 is 34.1 Å². The molecule has 4 heterocycles. The summed E-state index contributed by atoms with van der Waals surface area (Å²) < 4.78 is 12.3. The van der Waals surface area contributed by atoms with Gasteiger partial charge in [-0.05, 0) is 37.1 Å². The molecule has 29 heavy (non-hydrogen) atoms. The molecular weight excluding hydrogens is 393 g/mol. The third-order valence-corrected chi connectivity index (χ3v) is 5.40. The molecule has 1 saturated heterocycles. The number of alkyl halides is 1. The smallest absolute Gasteiger partial charge is 0.223 e.